The molecular formula is C16H21FN2OS. The van der Waals surface area contributed by atoms with Gasteiger partial charge in [-0.05, 0) is 25.0 Å². The molecule has 2 rings (SSSR count). The van der Waals surface area contributed by atoms with Gasteiger partial charge < -0.3 is 11.1 Å². The molecule has 1 heterocycles. The maximum atomic E-state index is 13.8. The van der Waals surface area contributed by atoms with E-state index in [0.29, 0.717) is 20.9 Å². The largest absolute Gasteiger partial charge is 0.397 e. The van der Waals surface area contributed by atoms with Gasteiger partial charge in [0.25, 0.3) is 5.91 Å². The molecule has 1 amide bonds. The summed E-state index contributed by atoms with van der Waals surface area (Å²) in [6.07, 6.45) is 2.02. The normalized spacial score (nSPS) is 12.8. The minimum atomic E-state index is -0.381. The first-order valence-electron chi connectivity index (χ1n) is 7.26. The molecule has 1 unspecified atom stereocenters. The molecule has 0 fully saturated rings. The Morgan fingerprint density at radius 3 is 2.62 bits per heavy atom. The van der Waals surface area contributed by atoms with E-state index in [0.717, 1.165) is 12.8 Å². The Morgan fingerprint density at radius 1 is 1.38 bits per heavy atom. The fourth-order valence-electron chi connectivity index (χ4n) is 2.68. The molecule has 5 heteroatoms. The number of carbonyl (C=O) groups excluding carboxylic acids is 1. The van der Waals surface area contributed by atoms with E-state index >= 15 is 0 Å². The van der Waals surface area contributed by atoms with Gasteiger partial charge in [-0.1, -0.05) is 32.8 Å². The second-order valence-corrected chi connectivity index (χ2v) is 6.35. The third-order valence-corrected chi connectivity index (χ3v) is 5.19. The average Bonchev–Trinajstić information content (AvgIpc) is 2.79. The topological polar surface area (TPSA) is 55.1 Å². The third kappa shape index (κ3) is 3.02. The van der Waals surface area contributed by atoms with E-state index in [-0.39, 0.29) is 23.5 Å². The van der Waals surface area contributed by atoms with Crippen molar-refractivity contribution in [2.45, 2.75) is 39.7 Å². The van der Waals surface area contributed by atoms with E-state index in [4.69, 9.17) is 5.73 Å². The molecule has 114 valence electrons. The van der Waals surface area contributed by atoms with Crippen molar-refractivity contribution < 1.29 is 9.18 Å². The van der Waals surface area contributed by atoms with Crippen LogP contribution in [-0.2, 0) is 0 Å². The Labute approximate surface area is 128 Å². The van der Waals surface area contributed by atoms with Crippen LogP contribution in [0.4, 0.5) is 10.1 Å². The highest BCUT2D eigenvalue weighted by molar-refractivity contribution is 7.21. The van der Waals surface area contributed by atoms with Crippen LogP contribution in [0.15, 0.2) is 18.2 Å². The maximum Gasteiger partial charge on any atom is 0.263 e. The average molecular weight is 308 g/mol. The highest BCUT2D eigenvalue weighted by Crippen LogP contribution is 2.35. The number of rotatable bonds is 5. The number of fused-ring (bicyclic) bond motifs is 1. The Bertz CT molecular complexity index is 649. The SMILES string of the molecule is CCC(CC)C(C)NC(=O)c1sc2cccc(F)c2c1N. The van der Waals surface area contributed by atoms with Crippen molar-refractivity contribution in [3.63, 3.8) is 0 Å². The number of anilines is 1. The van der Waals surface area contributed by atoms with Crippen LogP contribution in [-0.4, -0.2) is 11.9 Å². The molecule has 0 radical (unpaired) electrons. The van der Waals surface area contributed by atoms with Crippen LogP contribution < -0.4 is 11.1 Å². The summed E-state index contributed by atoms with van der Waals surface area (Å²) in [6, 6.07) is 4.84. The molecule has 2 aromatic rings. The quantitative estimate of drug-likeness (QED) is 0.870. The van der Waals surface area contributed by atoms with Gasteiger partial charge in [0.15, 0.2) is 0 Å². The fourth-order valence-corrected chi connectivity index (χ4v) is 3.72. The number of nitrogen functional groups attached to an aromatic ring is 1. The Morgan fingerprint density at radius 2 is 2.05 bits per heavy atom. The van der Waals surface area contributed by atoms with Gasteiger partial charge in [-0.3, -0.25) is 4.79 Å². The fraction of sp³-hybridized carbons (Fsp3) is 0.438. The minimum Gasteiger partial charge on any atom is -0.397 e. The van der Waals surface area contributed by atoms with Crippen molar-refractivity contribution in [2.75, 3.05) is 5.73 Å². The summed E-state index contributed by atoms with van der Waals surface area (Å²) < 4.78 is 14.5. The molecular weight excluding hydrogens is 287 g/mol. The predicted octanol–water partition coefficient (Wildman–Crippen LogP) is 4.18. The van der Waals surface area contributed by atoms with E-state index in [1.807, 2.05) is 6.92 Å². The number of nitrogens with two attached hydrogens (primary N) is 1. The van der Waals surface area contributed by atoms with Gasteiger partial charge in [0, 0.05) is 10.7 Å². The highest BCUT2D eigenvalue weighted by Gasteiger charge is 2.22. The molecule has 1 atom stereocenters. The van der Waals surface area contributed by atoms with Gasteiger partial charge in [-0.25, -0.2) is 4.39 Å². The second kappa shape index (κ2) is 6.43. The number of hydrogen-bond acceptors (Lipinski definition) is 3. The summed E-state index contributed by atoms with van der Waals surface area (Å²) in [6.45, 7) is 6.22. The summed E-state index contributed by atoms with van der Waals surface area (Å²) in [4.78, 5) is 12.8. The molecule has 0 aliphatic carbocycles. The molecule has 0 aliphatic heterocycles. The van der Waals surface area contributed by atoms with Crippen molar-refractivity contribution in [3.8, 4) is 0 Å². The molecule has 3 nitrogen and oxygen atoms in total. The van der Waals surface area contributed by atoms with Crippen LogP contribution >= 0.6 is 11.3 Å². The van der Waals surface area contributed by atoms with Crippen molar-refractivity contribution in [2.24, 2.45) is 5.92 Å². The molecule has 1 aromatic heterocycles. The van der Waals surface area contributed by atoms with Gasteiger partial charge >= 0.3 is 0 Å². The predicted molar refractivity (Wildman–Crippen MR) is 87.2 cm³/mol. The van der Waals surface area contributed by atoms with E-state index < -0.39 is 0 Å². The zero-order valence-corrected chi connectivity index (χ0v) is 13.4. The number of amides is 1. The Balaban J connectivity index is 2.28. The van der Waals surface area contributed by atoms with Gasteiger partial charge in [-0.15, -0.1) is 11.3 Å². The third-order valence-electron chi connectivity index (χ3n) is 4.02. The van der Waals surface area contributed by atoms with Crippen LogP contribution in [0.25, 0.3) is 10.1 Å². The van der Waals surface area contributed by atoms with Gasteiger partial charge in [0.2, 0.25) is 0 Å². The van der Waals surface area contributed by atoms with E-state index in [1.165, 1.54) is 17.4 Å². The first-order chi connectivity index (χ1) is 9.99. The zero-order valence-electron chi connectivity index (χ0n) is 12.6. The lowest BCUT2D eigenvalue weighted by molar-refractivity contribution is 0.0930. The molecule has 0 aliphatic rings. The molecule has 1 aromatic carbocycles. The van der Waals surface area contributed by atoms with Crippen molar-refractivity contribution in [3.05, 3.63) is 28.9 Å². The number of carbonyl (C=O) groups is 1. The van der Waals surface area contributed by atoms with Gasteiger partial charge in [-0.2, -0.15) is 0 Å². The van der Waals surface area contributed by atoms with Gasteiger partial charge in [0.05, 0.1) is 11.1 Å². The standard InChI is InChI=1S/C16H21FN2OS/c1-4-10(5-2)9(3)19-16(20)15-14(18)13-11(17)7-6-8-12(13)21-15/h6-10H,4-5,18H2,1-3H3,(H,19,20). The van der Waals surface area contributed by atoms with Gasteiger partial charge in [0.1, 0.15) is 10.7 Å². The Hall–Kier alpha value is -1.62. The summed E-state index contributed by atoms with van der Waals surface area (Å²) >= 11 is 1.24. The zero-order chi connectivity index (χ0) is 15.6. The van der Waals surface area contributed by atoms with Crippen molar-refractivity contribution >= 4 is 33.0 Å². The number of halogens is 1. The molecule has 0 spiro atoms. The number of hydrogen-bond donors (Lipinski definition) is 2. The summed E-state index contributed by atoms with van der Waals surface area (Å²) in [7, 11) is 0. The monoisotopic (exact) mass is 308 g/mol. The summed E-state index contributed by atoms with van der Waals surface area (Å²) in [5, 5.41) is 3.34. The molecule has 3 N–H and O–H groups in total. The summed E-state index contributed by atoms with van der Waals surface area (Å²) in [5.41, 5.74) is 6.21. The molecule has 0 saturated heterocycles. The van der Waals surface area contributed by atoms with Crippen LogP contribution in [0, 0.1) is 11.7 Å². The first kappa shape index (κ1) is 15.8. The van der Waals surface area contributed by atoms with Crippen LogP contribution in [0.3, 0.4) is 0 Å². The van der Waals surface area contributed by atoms with Crippen LogP contribution in [0.5, 0.6) is 0 Å². The number of nitrogens with one attached hydrogen (secondary N) is 1. The maximum absolute atomic E-state index is 13.8. The Kier molecular flexibility index (Phi) is 4.83. The minimum absolute atomic E-state index is 0.0713. The van der Waals surface area contributed by atoms with Crippen LogP contribution in [0.1, 0.15) is 43.3 Å². The second-order valence-electron chi connectivity index (χ2n) is 5.30. The lowest BCUT2D eigenvalue weighted by atomic mass is 9.95. The van der Waals surface area contributed by atoms with E-state index in [1.54, 1.807) is 12.1 Å². The van der Waals surface area contributed by atoms with E-state index in [9.17, 15) is 9.18 Å². The smallest absolute Gasteiger partial charge is 0.263 e. The lowest BCUT2D eigenvalue weighted by Gasteiger charge is -2.22. The number of thiophene rings is 1. The summed E-state index contributed by atoms with van der Waals surface area (Å²) in [5.74, 6) is -0.165. The van der Waals surface area contributed by atoms with E-state index in [2.05, 4.69) is 19.2 Å². The molecule has 0 bridgehead atoms. The lowest BCUT2D eigenvalue weighted by Crippen LogP contribution is -2.37. The number of benzene rings is 1. The highest BCUT2D eigenvalue weighted by atomic mass is 32.1. The molecule has 21 heavy (non-hydrogen) atoms. The van der Waals surface area contributed by atoms with Crippen molar-refractivity contribution in [1.29, 1.82) is 0 Å². The van der Waals surface area contributed by atoms with Crippen molar-refractivity contribution in [1.82, 2.24) is 5.32 Å². The molecule has 0 saturated carbocycles. The first-order valence-corrected chi connectivity index (χ1v) is 8.08. The van der Waals surface area contributed by atoms with Crippen LogP contribution in [0.2, 0.25) is 0 Å².